The van der Waals surface area contributed by atoms with Crippen LogP contribution in [-0.4, -0.2) is 75.4 Å². The van der Waals surface area contributed by atoms with Gasteiger partial charge >= 0.3 is 6.09 Å². The van der Waals surface area contributed by atoms with Crippen molar-refractivity contribution < 1.29 is 22.7 Å². The molecule has 11 heteroatoms. The summed E-state index contributed by atoms with van der Waals surface area (Å²) in [4.78, 5) is 35.3. The summed E-state index contributed by atoms with van der Waals surface area (Å²) in [5.41, 5.74) is 3.72. The fourth-order valence-electron chi connectivity index (χ4n) is 4.46. The quantitative estimate of drug-likeness (QED) is 0.608. The second-order valence-electron chi connectivity index (χ2n) is 9.06. The first-order valence-corrected chi connectivity index (χ1v) is 13.2. The molecule has 0 saturated carbocycles. The molecule has 1 aromatic heterocycles. The third kappa shape index (κ3) is 5.23. The molecule has 0 aliphatic carbocycles. The molecule has 2 saturated heterocycles. The highest BCUT2D eigenvalue weighted by Crippen LogP contribution is 2.29. The predicted molar refractivity (Wildman–Crippen MR) is 137 cm³/mol. The summed E-state index contributed by atoms with van der Waals surface area (Å²) in [5.74, 6) is 0.580. The van der Waals surface area contributed by atoms with Crippen LogP contribution < -0.4 is 9.80 Å². The number of sulfone groups is 1. The van der Waals surface area contributed by atoms with Crippen molar-refractivity contribution in [2.45, 2.75) is 38.6 Å². The number of aryl methyl sites for hydroxylation is 3. The number of hydrogen-bond donors (Lipinski definition) is 0. The molecule has 0 spiro atoms. The van der Waals surface area contributed by atoms with Gasteiger partial charge in [0.25, 0.3) is 5.91 Å². The number of halogens is 1. The van der Waals surface area contributed by atoms with Crippen LogP contribution >= 0.6 is 12.4 Å². The molecular formula is C24H31ClN4O5S. The average molecular weight is 523 g/mol. The molecule has 35 heavy (non-hydrogen) atoms. The lowest BCUT2D eigenvalue weighted by Gasteiger charge is -2.36. The van der Waals surface area contributed by atoms with E-state index in [-0.39, 0.29) is 41.4 Å². The summed E-state index contributed by atoms with van der Waals surface area (Å²) in [6.45, 7) is 10.2. The number of anilines is 2. The Labute approximate surface area is 212 Å². The molecule has 1 atom stereocenters. The van der Waals surface area contributed by atoms with Gasteiger partial charge in [-0.1, -0.05) is 6.07 Å². The van der Waals surface area contributed by atoms with Crippen molar-refractivity contribution in [3.05, 3.63) is 46.6 Å². The molecule has 0 unspecified atom stereocenters. The van der Waals surface area contributed by atoms with Gasteiger partial charge in [0.1, 0.15) is 12.4 Å². The van der Waals surface area contributed by atoms with Crippen molar-refractivity contribution in [3.8, 4) is 0 Å². The first kappa shape index (κ1) is 26.7. The van der Waals surface area contributed by atoms with Crippen molar-refractivity contribution in [1.29, 1.82) is 0 Å². The molecule has 0 bridgehead atoms. The summed E-state index contributed by atoms with van der Waals surface area (Å²) in [5, 5.41) is 0. The van der Waals surface area contributed by atoms with Crippen LogP contribution in [0.15, 0.2) is 29.2 Å². The van der Waals surface area contributed by atoms with Crippen LogP contribution in [0.1, 0.15) is 34.1 Å². The summed E-state index contributed by atoms with van der Waals surface area (Å²) in [6.07, 6.45) is 0.540. The second kappa shape index (κ2) is 10.0. The van der Waals surface area contributed by atoms with Gasteiger partial charge in [0, 0.05) is 43.8 Å². The van der Waals surface area contributed by atoms with Crippen LogP contribution in [0.5, 0.6) is 0 Å². The number of carbonyl (C=O) groups excluding carboxylic acids is 2. The lowest BCUT2D eigenvalue weighted by molar-refractivity contribution is 0.0742. The number of rotatable bonds is 4. The van der Waals surface area contributed by atoms with Crippen molar-refractivity contribution in [1.82, 2.24) is 9.88 Å². The van der Waals surface area contributed by atoms with Gasteiger partial charge in [0.15, 0.2) is 9.84 Å². The number of pyridine rings is 1. The highest BCUT2D eigenvalue weighted by molar-refractivity contribution is 7.90. The van der Waals surface area contributed by atoms with E-state index in [0.717, 1.165) is 28.9 Å². The molecule has 0 N–H and O–H groups in total. The van der Waals surface area contributed by atoms with E-state index in [9.17, 15) is 18.0 Å². The maximum atomic E-state index is 13.4. The number of nitrogens with zero attached hydrogens (tertiary/aromatic N) is 4. The minimum atomic E-state index is -3.72. The Morgan fingerprint density at radius 3 is 2.29 bits per heavy atom. The summed E-state index contributed by atoms with van der Waals surface area (Å²) in [6, 6.07) is 6.38. The number of cyclic esters (lactones) is 1. The summed E-state index contributed by atoms with van der Waals surface area (Å²) in [7, 11) is -3.72. The SMILES string of the molecule is Cc1cc(C)c(N2CCN(C(=O)c3ccc(N4C(=O)OC[C@H]4C)cc3S(C)(=O)=O)CC2)nc1C.Cl. The third-order valence-corrected chi connectivity index (χ3v) is 7.59. The molecule has 2 aliphatic heterocycles. The molecule has 2 fully saturated rings. The van der Waals surface area contributed by atoms with Gasteiger partial charge in [-0.3, -0.25) is 9.69 Å². The van der Waals surface area contributed by atoms with Gasteiger partial charge in [-0.25, -0.2) is 18.2 Å². The lowest BCUT2D eigenvalue weighted by atomic mass is 10.1. The molecule has 1 aromatic carbocycles. The monoisotopic (exact) mass is 522 g/mol. The molecule has 2 aromatic rings. The fourth-order valence-corrected chi connectivity index (χ4v) is 5.35. The maximum absolute atomic E-state index is 13.4. The summed E-state index contributed by atoms with van der Waals surface area (Å²) < 4.78 is 30.2. The van der Waals surface area contributed by atoms with Gasteiger partial charge in [0.2, 0.25) is 0 Å². The van der Waals surface area contributed by atoms with Gasteiger partial charge in [-0.2, -0.15) is 0 Å². The Morgan fingerprint density at radius 1 is 1.06 bits per heavy atom. The molecule has 2 amide bonds. The Bertz CT molecular complexity index is 1260. The third-order valence-electron chi connectivity index (χ3n) is 6.46. The molecule has 2 aliphatic rings. The van der Waals surface area contributed by atoms with Gasteiger partial charge in [-0.15, -0.1) is 12.4 Å². The van der Waals surface area contributed by atoms with Crippen molar-refractivity contribution in [3.63, 3.8) is 0 Å². The molecule has 9 nitrogen and oxygen atoms in total. The smallest absolute Gasteiger partial charge is 0.414 e. The molecule has 4 rings (SSSR count). The normalized spacial score (nSPS) is 18.4. The molecular weight excluding hydrogens is 492 g/mol. The van der Waals surface area contributed by atoms with Crippen molar-refractivity contribution in [2.75, 3.05) is 48.8 Å². The topological polar surface area (TPSA) is 100 Å². The highest BCUT2D eigenvalue weighted by Gasteiger charge is 2.33. The molecule has 3 heterocycles. The van der Waals surface area contributed by atoms with Crippen LogP contribution in [0.25, 0.3) is 0 Å². The maximum Gasteiger partial charge on any atom is 0.414 e. The minimum Gasteiger partial charge on any atom is -0.447 e. The van der Waals surface area contributed by atoms with Gasteiger partial charge in [-0.05, 0) is 57.0 Å². The number of benzene rings is 1. The van der Waals surface area contributed by atoms with Crippen LogP contribution in [0, 0.1) is 20.8 Å². The minimum absolute atomic E-state index is 0. The number of ether oxygens (including phenoxy) is 1. The fraction of sp³-hybridized carbons (Fsp3) is 0.458. The number of hydrogen-bond acceptors (Lipinski definition) is 7. The molecule has 0 radical (unpaired) electrons. The van der Waals surface area contributed by atoms with Crippen LogP contribution in [0.2, 0.25) is 0 Å². The zero-order chi connectivity index (χ0) is 24.8. The Balaban J connectivity index is 0.00000342. The Hall–Kier alpha value is -2.85. The van der Waals surface area contributed by atoms with Gasteiger partial charge in [0.05, 0.1) is 16.5 Å². The van der Waals surface area contributed by atoms with E-state index < -0.39 is 15.9 Å². The first-order valence-electron chi connectivity index (χ1n) is 11.3. The lowest BCUT2D eigenvalue weighted by Crippen LogP contribution is -2.49. The number of aromatic nitrogens is 1. The Kier molecular flexibility index (Phi) is 7.66. The van der Waals surface area contributed by atoms with Crippen molar-refractivity contribution in [2.24, 2.45) is 0 Å². The van der Waals surface area contributed by atoms with E-state index in [0.29, 0.717) is 31.9 Å². The van der Waals surface area contributed by atoms with Crippen molar-refractivity contribution >= 4 is 45.7 Å². The zero-order valence-corrected chi connectivity index (χ0v) is 22.2. The number of amides is 2. The Morgan fingerprint density at radius 2 is 1.71 bits per heavy atom. The van der Waals surface area contributed by atoms with E-state index in [2.05, 4.69) is 11.0 Å². The van der Waals surface area contributed by atoms with E-state index in [1.165, 1.54) is 17.0 Å². The predicted octanol–water partition coefficient (Wildman–Crippen LogP) is 3.14. The largest absolute Gasteiger partial charge is 0.447 e. The number of carbonyl (C=O) groups is 2. The van der Waals surface area contributed by atoms with Crippen LogP contribution in [-0.2, 0) is 14.6 Å². The van der Waals surface area contributed by atoms with E-state index in [1.807, 2.05) is 27.7 Å². The first-order chi connectivity index (χ1) is 16.0. The van der Waals surface area contributed by atoms with Gasteiger partial charge < -0.3 is 14.5 Å². The number of piperazine rings is 1. The van der Waals surface area contributed by atoms with E-state index in [1.54, 1.807) is 11.0 Å². The standard InChI is InChI=1S/C24H30N4O5S.ClH/c1-15-12-16(2)22(25-18(15)4)26-8-10-27(11-9-26)23(29)20-7-6-19(13-21(20)34(5,31)32)28-17(3)14-33-24(28)30;/h6-7,12-13,17H,8-11,14H2,1-5H3;1H/t17-;/m1./s1. The van der Waals surface area contributed by atoms with Crippen LogP contribution in [0.4, 0.5) is 16.3 Å². The zero-order valence-electron chi connectivity index (χ0n) is 20.6. The average Bonchev–Trinajstić information content (AvgIpc) is 3.13. The highest BCUT2D eigenvalue weighted by atomic mass is 35.5. The van der Waals surface area contributed by atoms with E-state index >= 15 is 0 Å². The second-order valence-corrected chi connectivity index (χ2v) is 11.0. The van der Waals surface area contributed by atoms with E-state index in [4.69, 9.17) is 9.72 Å². The molecule has 190 valence electrons. The van der Waals surface area contributed by atoms with Crippen LogP contribution in [0.3, 0.4) is 0 Å². The summed E-state index contributed by atoms with van der Waals surface area (Å²) >= 11 is 0.